The van der Waals surface area contributed by atoms with Gasteiger partial charge >= 0.3 is 0 Å². The third-order valence-corrected chi connectivity index (χ3v) is 3.44. The Morgan fingerprint density at radius 3 is 2.81 bits per heavy atom. The maximum atomic E-state index is 12.2. The van der Waals surface area contributed by atoms with Crippen LogP contribution in [0.3, 0.4) is 0 Å². The Kier molecular flexibility index (Phi) is 5.13. The van der Waals surface area contributed by atoms with E-state index in [0.717, 1.165) is 0 Å². The third-order valence-electron chi connectivity index (χ3n) is 2.50. The molecule has 1 aromatic carbocycles. The Morgan fingerprint density at radius 2 is 2.19 bits per heavy atom. The van der Waals surface area contributed by atoms with Crippen molar-refractivity contribution in [2.24, 2.45) is 0 Å². The number of aromatic nitrogens is 2. The van der Waals surface area contributed by atoms with Crippen LogP contribution in [-0.4, -0.2) is 22.5 Å². The number of anilines is 2. The molecule has 0 aliphatic heterocycles. The van der Waals surface area contributed by atoms with Gasteiger partial charge in [0.25, 0.3) is 5.91 Å². The first-order chi connectivity index (χ1) is 10.0. The molecule has 1 aromatic heterocycles. The van der Waals surface area contributed by atoms with E-state index in [2.05, 4.69) is 47.1 Å². The lowest BCUT2D eigenvalue weighted by Gasteiger charge is -2.09. The molecule has 0 aliphatic carbocycles. The van der Waals surface area contributed by atoms with E-state index in [9.17, 15) is 4.79 Å². The van der Waals surface area contributed by atoms with Crippen molar-refractivity contribution < 1.29 is 9.53 Å². The predicted molar refractivity (Wildman–Crippen MR) is 87.4 cm³/mol. The van der Waals surface area contributed by atoms with Gasteiger partial charge in [0.1, 0.15) is 15.0 Å². The van der Waals surface area contributed by atoms with E-state index in [1.807, 2.05) is 6.92 Å². The lowest BCUT2D eigenvalue weighted by Crippen LogP contribution is -2.14. The molecule has 3 N–H and O–H groups in total. The minimum Gasteiger partial charge on any atom is -0.492 e. The van der Waals surface area contributed by atoms with Crippen LogP contribution in [0.15, 0.2) is 33.6 Å². The number of nitrogens with one attached hydrogen (secondary N) is 1. The zero-order valence-electron chi connectivity index (χ0n) is 11.1. The number of nitrogens with zero attached hydrogens (tertiary/aromatic N) is 2. The summed E-state index contributed by atoms with van der Waals surface area (Å²) in [4.78, 5) is 20.3. The van der Waals surface area contributed by atoms with E-state index >= 15 is 0 Å². The van der Waals surface area contributed by atoms with Crippen molar-refractivity contribution in [3.63, 3.8) is 0 Å². The molecule has 0 spiro atoms. The number of hydrogen-bond acceptors (Lipinski definition) is 5. The summed E-state index contributed by atoms with van der Waals surface area (Å²) < 4.78 is 6.33. The molecule has 1 amide bonds. The number of amides is 1. The quantitative estimate of drug-likeness (QED) is 0.748. The number of halogens is 2. The highest BCUT2D eigenvalue weighted by atomic mass is 79.9. The number of benzene rings is 1. The highest BCUT2D eigenvalue weighted by Crippen LogP contribution is 2.24. The number of carbonyl (C=O) groups excluding carboxylic acids is 1. The lowest BCUT2D eigenvalue weighted by molar-refractivity contribution is 0.102. The monoisotopic (exact) mass is 414 g/mol. The van der Waals surface area contributed by atoms with E-state index in [0.29, 0.717) is 38.6 Å². The predicted octanol–water partition coefficient (Wildman–Crippen LogP) is 3.23. The lowest BCUT2D eigenvalue weighted by atomic mass is 10.2. The topological polar surface area (TPSA) is 90.1 Å². The summed E-state index contributed by atoms with van der Waals surface area (Å²) in [5, 5.41) is 2.66. The number of ether oxygens (including phenoxy) is 1. The molecule has 0 radical (unpaired) electrons. The molecule has 0 unspecified atom stereocenters. The number of rotatable bonds is 4. The molecule has 0 atom stereocenters. The van der Waals surface area contributed by atoms with Crippen LogP contribution in [0.2, 0.25) is 0 Å². The van der Waals surface area contributed by atoms with Crippen LogP contribution in [-0.2, 0) is 0 Å². The summed E-state index contributed by atoms with van der Waals surface area (Å²) in [5.41, 5.74) is 6.66. The summed E-state index contributed by atoms with van der Waals surface area (Å²) in [6.07, 6.45) is 1.49. The number of carbonyl (C=O) groups is 1. The van der Waals surface area contributed by atoms with Crippen LogP contribution >= 0.6 is 31.9 Å². The zero-order valence-corrected chi connectivity index (χ0v) is 14.2. The Morgan fingerprint density at radius 1 is 1.43 bits per heavy atom. The van der Waals surface area contributed by atoms with Crippen molar-refractivity contribution in [1.29, 1.82) is 0 Å². The largest absolute Gasteiger partial charge is 0.492 e. The summed E-state index contributed by atoms with van der Waals surface area (Å²) in [6, 6.07) is 4.85. The molecule has 2 aromatic rings. The van der Waals surface area contributed by atoms with Gasteiger partial charge in [0.2, 0.25) is 0 Å². The van der Waals surface area contributed by atoms with Crippen LogP contribution in [0.25, 0.3) is 0 Å². The molecule has 2 rings (SSSR count). The van der Waals surface area contributed by atoms with Crippen molar-refractivity contribution in [3.8, 4) is 5.75 Å². The second kappa shape index (κ2) is 6.86. The molecule has 8 heteroatoms. The Balaban J connectivity index is 2.18. The summed E-state index contributed by atoms with van der Waals surface area (Å²) in [7, 11) is 0. The second-order valence-corrected chi connectivity index (χ2v) is 5.54. The molecule has 110 valence electrons. The van der Waals surface area contributed by atoms with Gasteiger partial charge in [-0.25, -0.2) is 9.97 Å². The van der Waals surface area contributed by atoms with Crippen LogP contribution < -0.4 is 15.8 Å². The van der Waals surface area contributed by atoms with E-state index in [1.54, 1.807) is 18.2 Å². The Labute approximate surface area is 138 Å². The summed E-state index contributed by atoms with van der Waals surface area (Å²) in [6.45, 7) is 2.38. The average molecular weight is 416 g/mol. The minimum atomic E-state index is -0.331. The van der Waals surface area contributed by atoms with Crippen molar-refractivity contribution in [1.82, 2.24) is 9.97 Å². The number of hydrogen-bond donors (Lipinski definition) is 2. The first-order valence-corrected chi connectivity index (χ1v) is 7.61. The molecule has 0 saturated carbocycles. The third kappa shape index (κ3) is 3.92. The molecule has 21 heavy (non-hydrogen) atoms. The normalized spacial score (nSPS) is 10.2. The van der Waals surface area contributed by atoms with Gasteiger partial charge in [-0.15, -0.1) is 0 Å². The van der Waals surface area contributed by atoms with Crippen LogP contribution in [0, 0.1) is 0 Å². The molecule has 0 aliphatic rings. The maximum absolute atomic E-state index is 12.2. The molecule has 6 nitrogen and oxygen atoms in total. The van der Waals surface area contributed by atoms with Gasteiger partial charge in [-0.3, -0.25) is 4.79 Å². The highest BCUT2D eigenvalue weighted by molar-refractivity contribution is 9.11. The number of nitrogens with two attached hydrogens (primary N) is 1. The summed E-state index contributed by atoms with van der Waals surface area (Å²) >= 11 is 6.42. The van der Waals surface area contributed by atoms with Gasteiger partial charge in [-0.1, -0.05) is 0 Å². The first kappa shape index (κ1) is 15.7. The van der Waals surface area contributed by atoms with Gasteiger partial charge in [-0.05, 0) is 57.0 Å². The van der Waals surface area contributed by atoms with Gasteiger partial charge in [0.05, 0.1) is 18.5 Å². The summed E-state index contributed by atoms with van der Waals surface area (Å²) in [5.74, 6) is 0.552. The van der Waals surface area contributed by atoms with Crippen molar-refractivity contribution in [2.75, 3.05) is 17.7 Å². The van der Waals surface area contributed by atoms with Crippen LogP contribution in [0.1, 0.15) is 17.3 Å². The molecular weight excluding hydrogens is 404 g/mol. The zero-order chi connectivity index (χ0) is 15.4. The van der Waals surface area contributed by atoms with Crippen molar-refractivity contribution in [3.05, 3.63) is 39.2 Å². The minimum absolute atomic E-state index is 0.329. The fourth-order valence-corrected chi connectivity index (χ4v) is 2.50. The smallest absolute Gasteiger partial charge is 0.256 e. The van der Waals surface area contributed by atoms with Crippen LogP contribution in [0.4, 0.5) is 11.5 Å². The standard InChI is InChI=1S/C13H12Br2N4O2/c1-2-21-9-4-3-7(5-8(9)16)13(20)19-12-11(15)18-10(14)6-17-12/h3-6H,2,16H2,1H3,(H,17,19,20). The second-order valence-electron chi connectivity index (χ2n) is 3.97. The SMILES string of the molecule is CCOc1ccc(C(=O)Nc2ncc(Br)nc2Br)cc1N. The van der Waals surface area contributed by atoms with Gasteiger partial charge in [-0.2, -0.15) is 0 Å². The highest BCUT2D eigenvalue weighted by Gasteiger charge is 2.12. The molecule has 0 bridgehead atoms. The molecule has 1 heterocycles. The van der Waals surface area contributed by atoms with E-state index in [4.69, 9.17) is 10.5 Å². The van der Waals surface area contributed by atoms with E-state index < -0.39 is 0 Å². The molecular formula is C13H12Br2N4O2. The van der Waals surface area contributed by atoms with E-state index in [1.165, 1.54) is 6.20 Å². The first-order valence-electron chi connectivity index (χ1n) is 6.03. The average Bonchev–Trinajstić information content (AvgIpc) is 2.44. The van der Waals surface area contributed by atoms with Crippen molar-refractivity contribution in [2.45, 2.75) is 6.92 Å². The van der Waals surface area contributed by atoms with Crippen LogP contribution in [0.5, 0.6) is 5.75 Å². The fraction of sp³-hybridized carbons (Fsp3) is 0.154. The van der Waals surface area contributed by atoms with Crippen molar-refractivity contribution >= 4 is 49.3 Å². The Bertz CT molecular complexity index is 679. The Hall–Kier alpha value is -1.67. The number of nitrogen functional groups attached to an aromatic ring is 1. The van der Waals surface area contributed by atoms with Gasteiger partial charge < -0.3 is 15.8 Å². The maximum Gasteiger partial charge on any atom is 0.256 e. The van der Waals surface area contributed by atoms with Gasteiger partial charge in [0.15, 0.2) is 5.82 Å². The molecule has 0 saturated heterocycles. The van der Waals surface area contributed by atoms with E-state index in [-0.39, 0.29) is 5.91 Å². The molecule has 0 fully saturated rings. The fourth-order valence-electron chi connectivity index (χ4n) is 1.59. The van der Waals surface area contributed by atoms with Gasteiger partial charge in [0, 0.05) is 5.56 Å².